The molecule has 1 amide bonds. The molecular formula is C13H13F2N3O3. The summed E-state index contributed by atoms with van der Waals surface area (Å²) in [6.07, 6.45) is -1.23. The van der Waals surface area contributed by atoms with Crippen molar-refractivity contribution in [1.29, 1.82) is 0 Å². The molecular weight excluding hydrogens is 284 g/mol. The average molecular weight is 297 g/mol. The second-order valence-electron chi connectivity index (χ2n) is 4.44. The number of hydrogen-bond acceptors (Lipinski definition) is 2. The van der Waals surface area contributed by atoms with Crippen LogP contribution >= 0.6 is 0 Å². The number of carboxylic acids is 1. The number of anilines is 1. The summed E-state index contributed by atoms with van der Waals surface area (Å²) in [4.78, 5) is 25.7. The number of amides is 1. The van der Waals surface area contributed by atoms with Crippen LogP contribution in [-0.4, -0.2) is 33.0 Å². The number of nitrogens with zero attached hydrogens (tertiary/aromatic N) is 1. The van der Waals surface area contributed by atoms with Crippen molar-refractivity contribution in [3.63, 3.8) is 0 Å². The van der Waals surface area contributed by atoms with Crippen LogP contribution in [0.4, 0.5) is 14.5 Å². The molecule has 0 saturated carbocycles. The van der Waals surface area contributed by atoms with E-state index in [0.29, 0.717) is 5.69 Å². The summed E-state index contributed by atoms with van der Waals surface area (Å²) in [5.41, 5.74) is 0.527. The van der Waals surface area contributed by atoms with E-state index in [1.54, 1.807) is 6.92 Å². The number of nitrogens with one attached hydrogen (secondary N) is 2. The van der Waals surface area contributed by atoms with E-state index in [9.17, 15) is 18.4 Å². The first kappa shape index (κ1) is 14.8. The molecule has 0 unspecified atom stereocenters. The van der Waals surface area contributed by atoms with E-state index in [0.717, 1.165) is 4.57 Å². The summed E-state index contributed by atoms with van der Waals surface area (Å²) in [5.74, 6) is -1.87. The topological polar surface area (TPSA) is 87.1 Å². The fourth-order valence-electron chi connectivity index (χ4n) is 1.97. The molecule has 0 aliphatic rings. The predicted octanol–water partition coefficient (Wildman–Crippen LogP) is 2.34. The van der Waals surface area contributed by atoms with Crippen LogP contribution in [-0.2, 0) is 6.54 Å². The molecule has 3 N–H and O–H groups in total. The maximum Gasteiger partial charge on any atom is 0.354 e. The average Bonchev–Trinajstić information content (AvgIpc) is 2.95. The van der Waals surface area contributed by atoms with Gasteiger partial charge in [-0.1, -0.05) is 0 Å². The molecule has 2 rings (SSSR count). The Morgan fingerprint density at radius 3 is 2.81 bits per heavy atom. The van der Waals surface area contributed by atoms with Crippen molar-refractivity contribution in [2.24, 2.45) is 0 Å². The molecule has 6 nitrogen and oxygen atoms in total. The number of carbonyl (C=O) groups excluding carboxylic acids is 1. The molecule has 0 aromatic carbocycles. The number of aromatic carboxylic acids is 1. The van der Waals surface area contributed by atoms with Crippen LogP contribution in [0.2, 0.25) is 0 Å². The van der Waals surface area contributed by atoms with Gasteiger partial charge in [-0.15, -0.1) is 0 Å². The summed E-state index contributed by atoms with van der Waals surface area (Å²) in [6.45, 7) is 1.04. The number of carboxylic acid groups (broad SMARTS) is 1. The molecule has 2 aromatic rings. The molecule has 0 saturated heterocycles. The highest BCUT2D eigenvalue weighted by Crippen LogP contribution is 2.18. The summed E-state index contributed by atoms with van der Waals surface area (Å²) in [6, 6.07) is 4.32. The molecule has 8 heteroatoms. The van der Waals surface area contributed by atoms with Crippen molar-refractivity contribution in [2.45, 2.75) is 19.9 Å². The maximum absolute atomic E-state index is 12.4. The molecule has 112 valence electrons. The largest absolute Gasteiger partial charge is 0.477 e. The van der Waals surface area contributed by atoms with E-state index in [1.165, 1.54) is 24.4 Å². The minimum Gasteiger partial charge on any atom is -0.477 e. The lowest BCUT2D eigenvalue weighted by atomic mass is 10.3. The maximum atomic E-state index is 12.4. The van der Waals surface area contributed by atoms with E-state index >= 15 is 0 Å². The van der Waals surface area contributed by atoms with E-state index < -0.39 is 24.8 Å². The Balaban J connectivity index is 2.23. The Labute approximate surface area is 118 Å². The molecule has 0 fully saturated rings. The second-order valence-corrected chi connectivity index (χ2v) is 4.44. The molecule has 0 aliphatic heterocycles. The molecule has 0 bridgehead atoms. The van der Waals surface area contributed by atoms with Gasteiger partial charge in [-0.2, -0.15) is 0 Å². The second kappa shape index (κ2) is 5.78. The highest BCUT2D eigenvalue weighted by atomic mass is 19.3. The number of aromatic nitrogens is 2. The predicted molar refractivity (Wildman–Crippen MR) is 70.9 cm³/mol. The van der Waals surface area contributed by atoms with Gasteiger partial charge in [-0.3, -0.25) is 4.79 Å². The fraction of sp³-hybridized carbons (Fsp3) is 0.231. The molecule has 0 spiro atoms. The monoisotopic (exact) mass is 297 g/mol. The van der Waals surface area contributed by atoms with Gasteiger partial charge in [0.1, 0.15) is 11.4 Å². The van der Waals surface area contributed by atoms with Crippen molar-refractivity contribution in [3.8, 4) is 0 Å². The Kier molecular flexibility index (Phi) is 4.06. The van der Waals surface area contributed by atoms with Gasteiger partial charge in [-0.25, -0.2) is 13.6 Å². The first-order valence-corrected chi connectivity index (χ1v) is 6.06. The van der Waals surface area contributed by atoms with Crippen molar-refractivity contribution >= 4 is 17.6 Å². The lowest BCUT2D eigenvalue weighted by molar-refractivity contribution is 0.0692. The fourth-order valence-corrected chi connectivity index (χ4v) is 1.97. The van der Waals surface area contributed by atoms with Crippen LogP contribution in [0.15, 0.2) is 24.4 Å². The minimum absolute atomic E-state index is 0.0329. The standard InChI is InChI=1S/C13H13F2N3O3/c1-7-5-8(11(16-7)13(20)21)17-12(19)9-3-2-4-18(9)6-10(14)15/h2-5,10,16H,6H2,1H3,(H,17,19)(H,20,21). The van der Waals surface area contributed by atoms with Crippen LogP contribution in [0.5, 0.6) is 0 Å². The lowest BCUT2D eigenvalue weighted by Gasteiger charge is -2.09. The van der Waals surface area contributed by atoms with Gasteiger partial charge in [0.25, 0.3) is 12.3 Å². The zero-order valence-electron chi connectivity index (χ0n) is 11.1. The van der Waals surface area contributed by atoms with Crippen molar-refractivity contribution in [2.75, 3.05) is 5.32 Å². The van der Waals surface area contributed by atoms with Crippen LogP contribution in [0, 0.1) is 6.92 Å². The zero-order valence-corrected chi connectivity index (χ0v) is 11.1. The number of alkyl halides is 2. The van der Waals surface area contributed by atoms with Crippen molar-refractivity contribution < 1.29 is 23.5 Å². The van der Waals surface area contributed by atoms with Gasteiger partial charge in [0.15, 0.2) is 0 Å². The van der Waals surface area contributed by atoms with E-state index in [2.05, 4.69) is 10.3 Å². The summed E-state index contributed by atoms with van der Waals surface area (Å²) < 4.78 is 25.9. The quantitative estimate of drug-likeness (QED) is 0.791. The Morgan fingerprint density at radius 1 is 1.48 bits per heavy atom. The zero-order chi connectivity index (χ0) is 15.6. The van der Waals surface area contributed by atoms with Gasteiger partial charge in [-0.05, 0) is 25.1 Å². The number of rotatable bonds is 5. The first-order valence-electron chi connectivity index (χ1n) is 6.06. The van der Waals surface area contributed by atoms with Crippen LogP contribution in [0.25, 0.3) is 0 Å². The van der Waals surface area contributed by atoms with Crippen LogP contribution < -0.4 is 5.32 Å². The van der Waals surface area contributed by atoms with Gasteiger partial charge in [0.2, 0.25) is 0 Å². The van der Waals surface area contributed by atoms with E-state index in [4.69, 9.17) is 5.11 Å². The summed E-state index contributed by atoms with van der Waals surface area (Å²) in [5, 5.41) is 11.4. The molecule has 2 heterocycles. The Morgan fingerprint density at radius 2 is 2.19 bits per heavy atom. The first-order chi connectivity index (χ1) is 9.88. The molecule has 0 radical (unpaired) electrons. The number of aryl methyl sites for hydroxylation is 1. The normalized spacial score (nSPS) is 10.9. The highest BCUT2D eigenvalue weighted by molar-refractivity contribution is 6.06. The van der Waals surface area contributed by atoms with Crippen molar-refractivity contribution in [1.82, 2.24) is 9.55 Å². The number of carbonyl (C=O) groups is 2. The third-order valence-corrected chi connectivity index (χ3v) is 2.81. The van der Waals surface area contributed by atoms with E-state index in [-0.39, 0.29) is 17.1 Å². The summed E-state index contributed by atoms with van der Waals surface area (Å²) in [7, 11) is 0. The molecule has 2 aromatic heterocycles. The smallest absolute Gasteiger partial charge is 0.354 e. The third-order valence-electron chi connectivity index (χ3n) is 2.81. The van der Waals surface area contributed by atoms with Crippen LogP contribution in [0.3, 0.4) is 0 Å². The van der Waals surface area contributed by atoms with Gasteiger partial charge in [0.05, 0.1) is 12.2 Å². The highest BCUT2D eigenvalue weighted by Gasteiger charge is 2.18. The number of aromatic amines is 1. The van der Waals surface area contributed by atoms with Crippen molar-refractivity contribution in [3.05, 3.63) is 41.5 Å². The van der Waals surface area contributed by atoms with Crippen LogP contribution in [0.1, 0.15) is 26.7 Å². The van der Waals surface area contributed by atoms with Gasteiger partial charge < -0.3 is 20.0 Å². The minimum atomic E-state index is -2.59. The van der Waals surface area contributed by atoms with Gasteiger partial charge >= 0.3 is 5.97 Å². The molecule has 21 heavy (non-hydrogen) atoms. The Bertz CT molecular complexity index is 676. The van der Waals surface area contributed by atoms with Gasteiger partial charge in [0, 0.05) is 11.9 Å². The lowest BCUT2D eigenvalue weighted by Crippen LogP contribution is -2.19. The third kappa shape index (κ3) is 3.28. The number of halogens is 2. The Hall–Kier alpha value is -2.64. The number of H-pyrrole nitrogens is 1. The molecule has 0 atom stereocenters. The molecule has 0 aliphatic carbocycles. The number of hydrogen-bond donors (Lipinski definition) is 3. The van der Waals surface area contributed by atoms with E-state index in [1.807, 2.05) is 0 Å². The SMILES string of the molecule is Cc1cc(NC(=O)c2cccn2CC(F)F)c(C(=O)O)[nH]1. The summed E-state index contributed by atoms with van der Waals surface area (Å²) >= 11 is 0.